The maximum absolute atomic E-state index is 14.1. The van der Waals surface area contributed by atoms with E-state index in [-0.39, 0.29) is 18.3 Å². The Balaban J connectivity index is 0.00000302. The molecule has 1 aliphatic heterocycles. The lowest BCUT2D eigenvalue weighted by atomic mass is 9.90. The van der Waals surface area contributed by atoms with E-state index in [1.165, 1.54) is 38.2 Å². The van der Waals surface area contributed by atoms with Gasteiger partial charge in [-0.15, -0.1) is 12.4 Å². The van der Waals surface area contributed by atoms with E-state index in [1.54, 1.807) is 0 Å². The number of carbonyl (C=O) groups is 1. The zero-order chi connectivity index (χ0) is 26.9. The van der Waals surface area contributed by atoms with Gasteiger partial charge in [-0.3, -0.25) is 14.6 Å². The van der Waals surface area contributed by atoms with Gasteiger partial charge >= 0.3 is 0 Å². The van der Waals surface area contributed by atoms with E-state index in [1.807, 2.05) is 0 Å². The average Bonchev–Trinajstić information content (AvgIpc) is 3.41. The number of rotatable bonds is 6. The molecular formula is C36H36ClN3O. The van der Waals surface area contributed by atoms with Crippen molar-refractivity contribution in [3.05, 3.63) is 131 Å². The molecule has 0 spiro atoms. The Morgan fingerprint density at radius 1 is 0.634 bits per heavy atom. The van der Waals surface area contributed by atoms with Crippen molar-refractivity contribution < 1.29 is 4.79 Å². The number of fused-ring (bicyclic) bond motifs is 3. The minimum Gasteiger partial charge on any atom is -0.350 e. The summed E-state index contributed by atoms with van der Waals surface area (Å²) in [5.74, 6) is 0.153. The van der Waals surface area contributed by atoms with Gasteiger partial charge in [0.25, 0.3) is 0 Å². The van der Waals surface area contributed by atoms with Gasteiger partial charge in [-0.25, -0.2) is 0 Å². The fourth-order valence-electron chi connectivity index (χ4n) is 6.75. The normalized spacial score (nSPS) is 16.8. The van der Waals surface area contributed by atoms with E-state index in [2.05, 4.69) is 124 Å². The van der Waals surface area contributed by atoms with Crippen molar-refractivity contribution in [1.29, 1.82) is 0 Å². The molecule has 0 aromatic heterocycles. The van der Waals surface area contributed by atoms with Crippen LogP contribution in [0, 0.1) is 0 Å². The summed E-state index contributed by atoms with van der Waals surface area (Å²) in [5.41, 5.74) is 4.57. The van der Waals surface area contributed by atoms with E-state index in [0.29, 0.717) is 6.54 Å². The van der Waals surface area contributed by atoms with E-state index >= 15 is 0 Å². The quantitative estimate of drug-likeness (QED) is 0.261. The smallest absolute Gasteiger partial charge is 0.241 e. The zero-order valence-electron chi connectivity index (χ0n) is 23.3. The molecule has 4 nitrogen and oxygen atoms in total. The summed E-state index contributed by atoms with van der Waals surface area (Å²) in [6.45, 7) is 5.20. The molecule has 0 atom stereocenters. The first-order valence-electron chi connectivity index (χ1n) is 14.4. The van der Waals surface area contributed by atoms with Gasteiger partial charge in [0.05, 0.1) is 0 Å². The number of nitrogens with zero attached hydrogens (tertiary/aromatic N) is 2. The second-order valence-electron chi connectivity index (χ2n) is 11.5. The van der Waals surface area contributed by atoms with Gasteiger partial charge < -0.3 is 5.32 Å². The number of nitrogens with one attached hydrogen (secondary N) is 1. The average molecular weight is 562 g/mol. The molecule has 1 fully saturated rings. The Morgan fingerprint density at radius 3 is 1.76 bits per heavy atom. The van der Waals surface area contributed by atoms with Gasteiger partial charge in [0.15, 0.2) is 0 Å². The number of hydrogen-bond donors (Lipinski definition) is 1. The SMILES string of the molecule is Cl.O=C(NCc1ccc2ccccc2c1)C1(N2CCN(Cc3ccc4ccccc4c3)CC2)Cc2ccccc2C1. The van der Waals surface area contributed by atoms with Gasteiger partial charge in [0, 0.05) is 52.1 Å². The van der Waals surface area contributed by atoms with Crippen molar-refractivity contribution in [2.24, 2.45) is 0 Å². The van der Waals surface area contributed by atoms with Crippen molar-refractivity contribution in [2.45, 2.75) is 31.5 Å². The maximum Gasteiger partial charge on any atom is 0.241 e. The molecule has 2 aliphatic rings. The predicted molar refractivity (Wildman–Crippen MR) is 170 cm³/mol. The van der Waals surface area contributed by atoms with E-state index < -0.39 is 5.54 Å². The van der Waals surface area contributed by atoms with Crippen LogP contribution in [0.5, 0.6) is 0 Å². The molecule has 0 unspecified atom stereocenters. The Hall–Kier alpha value is -3.70. The van der Waals surface area contributed by atoms with Crippen LogP contribution in [0.1, 0.15) is 22.3 Å². The molecule has 1 N–H and O–H groups in total. The lowest BCUT2D eigenvalue weighted by Crippen LogP contribution is -2.64. The summed E-state index contributed by atoms with van der Waals surface area (Å²) in [4.78, 5) is 19.1. The summed E-state index contributed by atoms with van der Waals surface area (Å²) in [6, 6.07) is 38.8. The summed E-state index contributed by atoms with van der Waals surface area (Å²) in [5, 5.41) is 8.37. The lowest BCUT2D eigenvalue weighted by molar-refractivity contribution is -0.135. The zero-order valence-corrected chi connectivity index (χ0v) is 24.1. The number of benzene rings is 5. The van der Waals surface area contributed by atoms with E-state index in [9.17, 15) is 4.79 Å². The van der Waals surface area contributed by atoms with Crippen LogP contribution in [-0.2, 0) is 30.7 Å². The molecule has 0 radical (unpaired) electrons. The van der Waals surface area contributed by atoms with Crippen molar-refractivity contribution in [1.82, 2.24) is 15.1 Å². The molecule has 41 heavy (non-hydrogen) atoms. The van der Waals surface area contributed by atoms with Gasteiger partial charge in [-0.2, -0.15) is 0 Å². The minimum absolute atomic E-state index is 0. The van der Waals surface area contributed by atoms with Crippen LogP contribution < -0.4 is 5.32 Å². The van der Waals surface area contributed by atoms with Crippen LogP contribution in [0.2, 0.25) is 0 Å². The van der Waals surface area contributed by atoms with Gasteiger partial charge in [-0.05, 0) is 55.9 Å². The number of carbonyl (C=O) groups excluding carboxylic acids is 1. The standard InChI is InChI=1S/C36H35N3O.ClH/c40-35(37-25-27-13-15-29-7-1-3-9-31(29)21-27)36(23-33-11-5-6-12-34(33)24-36)39-19-17-38(18-20-39)26-28-14-16-30-8-2-4-10-32(30)22-28;/h1-16,21-22H,17-20,23-26H2,(H,37,40);1H. The van der Waals surface area contributed by atoms with Crippen LogP contribution in [0.3, 0.4) is 0 Å². The minimum atomic E-state index is -0.532. The Kier molecular flexibility index (Phi) is 7.81. The second-order valence-corrected chi connectivity index (χ2v) is 11.5. The molecule has 0 bridgehead atoms. The van der Waals surface area contributed by atoms with Gasteiger partial charge in [0.2, 0.25) is 5.91 Å². The monoisotopic (exact) mass is 561 g/mol. The first kappa shape index (κ1) is 27.5. The first-order valence-corrected chi connectivity index (χ1v) is 14.4. The number of hydrogen-bond acceptors (Lipinski definition) is 3. The van der Waals surface area contributed by atoms with Crippen molar-refractivity contribution >= 4 is 39.9 Å². The molecule has 1 aliphatic carbocycles. The van der Waals surface area contributed by atoms with Crippen molar-refractivity contribution in [2.75, 3.05) is 26.2 Å². The third-order valence-electron chi connectivity index (χ3n) is 8.97. The summed E-state index contributed by atoms with van der Waals surface area (Å²) in [7, 11) is 0. The molecule has 5 aromatic carbocycles. The third-order valence-corrected chi connectivity index (χ3v) is 8.97. The van der Waals surface area contributed by atoms with Crippen LogP contribution >= 0.6 is 12.4 Å². The number of amides is 1. The highest BCUT2D eigenvalue weighted by Gasteiger charge is 2.48. The largest absolute Gasteiger partial charge is 0.350 e. The predicted octanol–water partition coefficient (Wildman–Crippen LogP) is 6.39. The fourth-order valence-corrected chi connectivity index (χ4v) is 6.75. The summed E-state index contributed by atoms with van der Waals surface area (Å²) >= 11 is 0. The highest BCUT2D eigenvalue weighted by molar-refractivity contribution is 5.89. The Labute approximate surface area is 248 Å². The number of piperazine rings is 1. The van der Waals surface area contributed by atoms with Crippen LogP contribution in [0.25, 0.3) is 21.5 Å². The maximum atomic E-state index is 14.1. The molecule has 7 rings (SSSR count). The Morgan fingerprint density at radius 2 is 1.15 bits per heavy atom. The number of halogens is 1. The van der Waals surface area contributed by atoms with Gasteiger partial charge in [0.1, 0.15) is 5.54 Å². The summed E-state index contributed by atoms with van der Waals surface area (Å²) in [6.07, 6.45) is 1.55. The van der Waals surface area contributed by atoms with Crippen LogP contribution in [0.4, 0.5) is 0 Å². The molecule has 1 amide bonds. The second kappa shape index (κ2) is 11.7. The highest BCUT2D eigenvalue weighted by Crippen LogP contribution is 2.36. The van der Waals surface area contributed by atoms with Crippen LogP contribution in [0.15, 0.2) is 109 Å². The topological polar surface area (TPSA) is 35.6 Å². The molecule has 5 aromatic rings. The van der Waals surface area contributed by atoms with Crippen molar-refractivity contribution in [3.63, 3.8) is 0 Å². The van der Waals surface area contributed by atoms with Gasteiger partial charge in [-0.1, -0.05) is 97.1 Å². The lowest BCUT2D eigenvalue weighted by Gasteiger charge is -2.45. The molecule has 1 heterocycles. The first-order chi connectivity index (χ1) is 19.7. The van der Waals surface area contributed by atoms with E-state index in [0.717, 1.165) is 51.1 Å². The van der Waals surface area contributed by atoms with Crippen molar-refractivity contribution in [3.8, 4) is 0 Å². The molecular weight excluding hydrogens is 526 g/mol. The highest BCUT2D eigenvalue weighted by atomic mass is 35.5. The Bertz CT molecular complexity index is 1670. The van der Waals surface area contributed by atoms with E-state index in [4.69, 9.17) is 0 Å². The van der Waals surface area contributed by atoms with Crippen LogP contribution in [-0.4, -0.2) is 47.4 Å². The fraction of sp³-hybridized carbons (Fsp3) is 0.250. The molecule has 5 heteroatoms. The molecule has 1 saturated heterocycles. The molecule has 0 saturated carbocycles. The summed E-state index contributed by atoms with van der Waals surface area (Å²) < 4.78 is 0. The molecule has 208 valence electrons. The third kappa shape index (κ3) is 5.48.